The van der Waals surface area contributed by atoms with Gasteiger partial charge in [0.25, 0.3) is 0 Å². The van der Waals surface area contributed by atoms with Gasteiger partial charge in [-0.25, -0.2) is 0 Å². The molecule has 0 bridgehead atoms. The van der Waals surface area contributed by atoms with Gasteiger partial charge in [-0.1, -0.05) is 42.5 Å². The number of hydrogen-bond donors (Lipinski definition) is 1. The van der Waals surface area contributed by atoms with Crippen molar-refractivity contribution in [2.75, 3.05) is 39.8 Å². The fourth-order valence-corrected chi connectivity index (χ4v) is 5.07. The van der Waals surface area contributed by atoms with E-state index in [0.717, 1.165) is 50.5 Å². The molecule has 2 heterocycles. The van der Waals surface area contributed by atoms with Crippen LogP contribution in [0.25, 0.3) is 0 Å². The zero-order valence-corrected chi connectivity index (χ0v) is 20.3. The smallest absolute Gasteiger partial charge is 0.245 e. The molecule has 7 heteroatoms. The quantitative estimate of drug-likeness (QED) is 0.682. The summed E-state index contributed by atoms with van der Waals surface area (Å²) in [5.41, 5.74) is 2.37. The molecular weight excluding hydrogens is 428 g/mol. The molecule has 7 nitrogen and oxygen atoms in total. The molecule has 2 amide bonds. The Bertz CT molecular complexity index is 959. The SMILES string of the molecule is COc1cccc(CN(Cc2ccccc2)C2CC(C(=O)N3CCCNCC3)N(C(C)=O)C2)c1. The molecule has 0 radical (unpaired) electrons. The molecule has 2 aliphatic rings. The lowest BCUT2D eigenvalue weighted by atomic mass is 10.1. The number of nitrogens with zero attached hydrogens (tertiary/aromatic N) is 3. The third kappa shape index (κ3) is 5.96. The van der Waals surface area contributed by atoms with Crippen LogP contribution in [0.15, 0.2) is 54.6 Å². The van der Waals surface area contributed by atoms with Crippen LogP contribution in [0, 0.1) is 0 Å². The number of ether oxygens (including phenoxy) is 1. The molecule has 2 atom stereocenters. The van der Waals surface area contributed by atoms with Crippen LogP contribution in [0.5, 0.6) is 5.75 Å². The molecule has 2 aromatic carbocycles. The number of methoxy groups -OCH3 is 1. The first-order chi connectivity index (χ1) is 16.5. The molecular formula is C27H36N4O3. The maximum Gasteiger partial charge on any atom is 0.245 e. The summed E-state index contributed by atoms with van der Waals surface area (Å²) in [5.74, 6) is 0.883. The van der Waals surface area contributed by atoms with Crippen molar-refractivity contribution in [2.24, 2.45) is 0 Å². The maximum absolute atomic E-state index is 13.5. The van der Waals surface area contributed by atoms with E-state index in [-0.39, 0.29) is 17.9 Å². The summed E-state index contributed by atoms with van der Waals surface area (Å²) in [6, 6.07) is 18.2. The van der Waals surface area contributed by atoms with E-state index >= 15 is 0 Å². The molecule has 2 unspecified atom stereocenters. The minimum Gasteiger partial charge on any atom is -0.497 e. The first-order valence-corrected chi connectivity index (χ1v) is 12.2. The molecule has 2 aromatic rings. The Morgan fingerprint density at radius 2 is 1.79 bits per heavy atom. The number of nitrogens with one attached hydrogen (secondary N) is 1. The molecule has 182 valence electrons. The van der Waals surface area contributed by atoms with Crippen LogP contribution in [-0.2, 0) is 22.7 Å². The van der Waals surface area contributed by atoms with E-state index in [1.807, 2.05) is 23.1 Å². The van der Waals surface area contributed by atoms with Crippen molar-refractivity contribution in [3.8, 4) is 5.75 Å². The highest BCUT2D eigenvalue weighted by molar-refractivity contribution is 5.87. The highest BCUT2D eigenvalue weighted by Gasteiger charge is 2.42. The number of carbonyl (C=O) groups excluding carboxylic acids is 2. The first-order valence-electron chi connectivity index (χ1n) is 12.2. The normalized spacial score (nSPS) is 20.9. The summed E-state index contributed by atoms with van der Waals surface area (Å²) in [6.45, 7) is 6.79. The monoisotopic (exact) mass is 464 g/mol. The zero-order valence-electron chi connectivity index (χ0n) is 20.3. The number of hydrogen-bond acceptors (Lipinski definition) is 5. The molecule has 2 saturated heterocycles. The lowest BCUT2D eigenvalue weighted by Crippen LogP contribution is -2.48. The third-order valence-corrected chi connectivity index (χ3v) is 6.88. The van der Waals surface area contributed by atoms with E-state index < -0.39 is 6.04 Å². The summed E-state index contributed by atoms with van der Waals surface area (Å²) in [6.07, 6.45) is 1.59. The zero-order chi connectivity index (χ0) is 23.9. The molecule has 0 aromatic heterocycles. The van der Waals surface area contributed by atoms with E-state index in [1.165, 1.54) is 5.56 Å². The van der Waals surface area contributed by atoms with Crippen molar-refractivity contribution in [2.45, 2.75) is 44.9 Å². The van der Waals surface area contributed by atoms with Gasteiger partial charge in [-0.05, 0) is 42.6 Å². The number of carbonyl (C=O) groups is 2. The van der Waals surface area contributed by atoms with Gasteiger partial charge >= 0.3 is 0 Å². The second kappa shape index (κ2) is 11.5. The fourth-order valence-electron chi connectivity index (χ4n) is 5.07. The summed E-state index contributed by atoms with van der Waals surface area (Å²) < 4.78 is 5.43. The van der Waals surface area contributed by atoms with Crippen molar-refractivity contribution in [3.63, 3.8) is 0 Å². The standard InChI is InChI=1S/C27H36N4O3/c1-21(32)31-20-24(17-26(31)27(33)29-14-7-12-28-13-15-29)30(18-22-8-4-3-5-9-22)19-23-10-6-11-25(16-23)34-2/h3-6,8-11,16,24,26,28H,7,12-15,17-20H2,1-2H3. The average molecular weight is 465 g/mol. The van der Waals surface area contributed by atoms with Crippen LogP contribution in [-0.4, -0.2) is 78.4 Å². The van der Waals surface area contributed by atoms with Gasteiger partial charge in [0.2, 0.25) is 11.8 Å². The Morgan fingerprint density at radius 3 is 2.56 bits per heavy atom. The molecule has 0 spiro atoms. The average Bonchev–Trinajstić information content (AvgIpc) is 3.13. The highest BCUT2D eigenvalue weighted by Crippen LogP contribution is 2.28. The van der Waals surface area contributed by atoms with Gasteiger partial charge < -0.3 is 19.9 Å². The number of benzene rings is 2. The van der Waals surface area contributed by atoms with Crippen LogP contribution in [0.2, 0.25) is 0 Å². The minimum atomic E-state index is -0.399. The van der Waals surface area contributed by atoms with Crippen molar-refractivity contribution in [1.82, 2.24) is 20.0 Å². The number of likely N-dealkylation sites (tertiary alicyclic amines) is 1. The van der Waals surface area contributed by atoms with Crippen molar-refractivity contribution in [3.05, 3.63) is 65.7 Å². The van der Waals surface area contributed by atoms with Crippen molar-refractivity contribution in [1.29, 1.82) is 0 Å². The third-order valence-electron chi connectivity index (χ3n) is 6.88. The summed E-state index contributed by atoms with van der Waals surface area (Å²) in [5, 5.41) is 3.35. The summed E-state index contributed by atoms with van der Waals surface area (Å²) >= 11 is 0. The topological polar surface area (TPSA) is 65.1 Å². The van der Waals surface area contributed by atoms with E-state index in [0.29, 0.717) is 19.5 Å². The Kier molecular flexibility index (Phi) is 8.19. The van der Waals surface area contributed by atoms with Crippen LogP contribution in [0.1, 0.15) is 30.9 Å². The number of amides is 2. The fraction of sp³-hybridized carbons (Fsp3) is 0.481. The number of rotatable bonds is 7. The molecule has 0 aliphatic carbocycles. The predicted octanol–water partition coefficient (Wildman–Crippen LogP) is 2.51. The van der Waals surface area contributed by atoms with E-state index in [4.69, 9.17) is 4.74 Å². The van der Waals surface area contributed by atoms with Gasteiger partial charge in [0.15, 0.2) is 0 Å². The van der Waals surface area contributed by atoms with E-state index in [1.54, 1.807) is 18.9 Å². The lowest BCUT2D eigenvalue weighted by molar-refractivity contribution is -0.142. The Morgan fingerprint density at radius 1 is 1.03 bits per heavy atom. The predicted molar refractivity (Wildman–Crippen MR) is 132 cm³/mol. The van der Waals surface area contributed by atoms with Crippen LogP contribution >= 0.6 is 0 Å². The van der Waals surface area contributed by atoms with E-state index in [9.17, 15) is 9.59 Å². The van der Waals surface area contributed by atoms with Crippen LogP contribution < -0.4 is 10.1 Å². The van der Waals surface area contributed by atoms with Crippen molar-refractivity contribution < 1.29 is 14.3 Å². The maximum atomic E-state index is 13.5. The van der Waals surface area contributed by atoms with Crippen LogP contribution in [0.4, 0.5) is 0 Å². The summed E-state index contributed by atoms with van der Waals surface area (Å²) in [4.78, 5) is 32.2. The van der Waals surface area contributed by atoms with Gasteiger partial charge in [-0.3, -0.25) is 14.5 Å². The highest BCUT2D eigenvalue weighted by atomic mass is 16.5. The summed E-state index contributed by atoms with van der Waals surface area (Å²) in [7, 11) is 1.68. The van der Waals surface area contributed by atoms with Gasteiger partial charge in [0.1, 0.15) is 11.8 Å². The molecule has 0 saturated carbocycles. The van der Waals surface area contributed by atoms with Gasteiger partial charge in [-0.15, -0.1) is 0 Å². The molecule has 2 aliphatic heterocycles. The van der Waals surface area contributed by atoms with Crippen molar-refractivity contribution >= 4 is 11.8 Å². The lowest BCUT2D eigenvalue weighted by Gasteiger charge is -2.29. The molecule has 4 rings (SSSR count). The Labute approximate surface area is 202 Å². The molecule has 34 heavy (non-hydrogen) atoms. The molecule has 2 fully saturated rings. The minimum absolute atomic E-state index is 0.0326. The van der Waals surface area contributed by atoms with Gasteiger partial charge in [0.05, 0.1) is 7.11 Å². The van der Waals surface area contributed by atoms with Crippen LogP contribution in [0.3, 0.4) is 0 Å². The first kappa shape index (κ1) is 24.2. The largest absolute Gasteiger partial charge is 0.497 e. The van der Waals surface area contributed by atoms with Gasteiger partial charge in [0, 0.05) is 52.2 Å². The second-order valence-corrected chi connectivity index (χ2v) is 9.25. The van der Waals surface area contributed by atoms with Gasteiger partial charge in [-0.2, -0.15) is 0 Å². The Hall–Kier alpha value is -2.90. The second-order valence-electron chi connectivity index (χ2n) is 9.25. The van der Waals surface area contributed by atoms with E-state index in [2.05, 4.69) is 46.6 Å². The Balaban J connectivity index is 1.56. The molecule has 1 N–H and O–H groups in total.